The van der Waals surface area contributed by atoms with Crippen LogP contribution in [-0.2, 0) is 9.53 Å². The maximum absolute atomic E-state index is 11.9. The average molecular weight is 278 g/mol. The Balaban J connectivity index is 1.95. The largest absolute Gasteiger partial charge is 0.491 e. The van der Waals surface area contributed by atoms with Gasteiger partial charge >= 0.3 is 0 Å². The van der Waals surface area contributed by atoms with Crippen LogP contribution in [0.1, 0.15) is 12.8 Å². The van der Waals surface area contributed by atoms with Gasteiger partial charge in [-0.1, -0.05) is 12.1 Å². The third-order valence-corrected chi connectivity index (χ3v) is 3.39. The zero-order valence-electron chi connectivity index (χ0n) is 12.1. The van der Waals surface area contributed by atoms with Crippen molar-refractivity contribution in [3.8, 4) is 5.75 Å². The summed E-state index contributed by atoms with van der Waals surface area (Å²) in [6.45, 7) is 2.08. The highest BCUT2D eigenvalue weighted by Crippen LogP contribution is 2.26. The van der Waals surface area contributed by atoms with Crippen molar-refractivity contribution < 1.29 is 14.3 Å². The van der Waals surface area contributed by atoms with E-state index in [1.165, 1.54) is 0 Å². The van der Waals surface area contributed by atoms with Gasteiger partial charge in [0.25, 0.3) is 0 Å². The van der Waals surface area contributed by atoms with Gasteiger partial charge in [-0.25, -0.2) is 0 Å². The lowest BCUT2D eigenvalue weighted by molar-refractivity contribution is -0.127. The molecule has 1 N–H and O–H groups in total. The van der Waals surface area contributed by atoms with Gasteiger partial charge < -0.3 is 19.7 Å². The number of ether oxygens (including phenoxy) is 2. The molecule has 20 heavy (non-hydrogen) atoms. The normalized spacial score (nSPS) is 18.4. The van der Waals surface area contributed by atoms with Crippen LogP contribution in [0.25, 0.3) is 0 Å². The lowest BCUT2D eigenvalue weighted by atomic mass is 10.2. The highest BCUT2D eigenvalue weighted by molar-refractivity contribution is 5.86. The number of nitrogens with one attached hydrogen (secondary N) is 1. The van der Waals surface area contributed by atoms with E-state index in [1.54, 1.807) is 12.0 Å². The predicted molar refractivity (Wildman–Crippen MR) is 78.1 cm³/mol. The van der Waals surface area contributed by atoms with E-state index in [1.807, 2.05) is 31.3 Å². The predicted octanol–water partition coefficient (Wildman–Crippen LogP) is 1.74. The molecule has 1 aromatic rings. The number of methoxy groups -OCH3 is 1. The van der Waals surface area contributed by atoms with Crippen LogP contribution in [0.15, 0.2) is 24.3 Å². The van der Waals surface area contributed by atoms with Crippen LogP contribution in [0.5, 0.6) is 5.75 Å². The number of likely N-dealkylation sites (N-methyl/N-ethyl adjacent to an activating group) is 1. The first kappa shape index (κ1) is 14.7. The number of nitrogens with zero attached hydrogens (tertiary/aromatic N) is 1. The number of hydrogen-bond acceptors (Lipinski definition) is 4. The number of anilines is 1. The van der Waals surface area contributed by atoms with Gasteiger partial charge in [0, 0.05) is 33.7 Å². The fourth-order valence-corrected chi connectivity index (χ4v) is 2.24. The molecule has 0 spiro atoms. The topological polar surface area (TPSA) is 50.8 Å². The smallest absolute Gasteiger partial charge is 0.244 e. The Morgan fingerprint density at radius 1 is 1.35 bits per heavy atom. The first-order chi connectivity index (χ1) is 9.72. The van der Waals surface area contributed by atoms with E-state index < -0.39 is 0 Å². The number of amides is 1. The van der Waals surface area contributed by atoms with Crippen molar-refractivity contribution in [2.24, 2.45) is 0 Å². The Labute approximate surface area is 119 Å². The van der Waals surface area contributed by atoms with Crippen molar-refractivity contribution in [1.29, 1.82) is 0 Å². The molecule has 1 saturated heterocycles. The molecule has 1 aliphatic heterocycles. The van der Waals surface area contributed by atoms with Gasteiger partial charge in [-0.3, -0.25) is 4.79 Å². The minimum absolute atomic E-state index is 0.138. The molecule has 0 saturated carbocycles. The number of hydrogen-bond donors (Lipinski definition) is 1. The molecule has 110 valence electrons. The van der Waals surface area contributed by atoms with E-state index >= 15 is 0 Å². The monoisotopic (exact) mass is 278 g/mol. The van der Waals surface area contributed by atoms with Crippen molar-refractivity contribution in [1.82, 2.24) is 4.90 Å². The quantitative estimate of drug-likeness (QED) is 0.772. The Hall–Kier alpha value is -1.75. The van der Waals surface area contributed by atoms with Gasteiger partial charge in [0.2, 0.25) is 5.91 Å². The van der Waals surface area contributed by atoms with E-state index in [4.69, 9.17) is 9.47 Å². The molecular weight excluding hydrogens is 256 g/mol. The minimum Gasteiger partial charge on any atom is -0.491 e. The maximum atomic E-state index is 11.9. The number of carbonyl (C=O) groups is 1. The summed E-state index contributed by atoms with van der Waals surface area (Å²) < 4.78 is 10.7. The summed E-state index contributed by atoms with van der Waals surface area (Å²) in [5.41, 5.74) is 0.874. The number of carbonyl (C=O) groups excluding carboxylic acids is 1. The Morgan fingerprint density at radius 2 is 2.15 bits per heavy atom. The van der Waals surface area contributed by atoms with Crippen molar-refractivity contribution in [2.45, 2.75) is 18.9 Å². The molecule has 0 radical (unpaired) electrons. The third-order valence-electron chi connectivity index (χ3n) is 3.39. The molecule has 5 nitrogen and oxygen atoms in total. The first-order valence-electron chi connectivity index (χ1n) is 6.94. The van der Waals surface area contributed by atoms with Crippen molar-refractivity contribution in [3.05, 3.63) is 24.3 Å². The van der Waals surface area contributed by atoms with E-state index in [-0.39, 0.29) is 11.9 Å². The summed E-state index contributed by atoms with van der Waals surface area (Å²) in [4.78, 5) is 13.7. The van der Waals surface area contributed by atoms with E-state index in [0.29, 0.717) is 13.2 Å². The molecule has 0 aliphatic carbocycles. The minimum atomic E-state index is -0.149. The second-order valence-electron chi connectivity index (χ2n) is 4.94. The van der Waals surface area contributed by atoms with Crippen LogP contribution in [0, 0.1) is 0 Å². The summed E-state index contributed by atoms with van der Waals surface area (Å²) in [7, 11) is 3.51. The summed E-state index contributed by atoms with van der Waals surface area (Å²) in [5, 5.41) is 3.28. The first-order valence-corrected chi connectivity index (χ1v) is 6.94. The van der Waals surface area contributed by atoms with Gasteiger partial charge in [-0.2, -0.15) is 0 Å². The summed E-state index contributed by atoms with van der Waals surface area (Å²) in [5.74, 6) is 0.921. The average Bonchev–Trinajstić information content (AvgIpc) is 2.77. The zero-order valence-corrected chi connectivity index (χ0v) is 12.1. The molecule has 1 heterocycles. The summed E-state index contributed by atoms with van der Waals surface area (Å²) in [6, 6.07) is 7.58. The van der Waals surface area contributed by atoms with Crippen LogP contribution in [-0.4, -0.2) is 50.8 Å². The maximum Gasteiger partial charge on any atom is 0.244 e. The van der Waals surface area contributed by atoms with Crippen LogP contribution in [0.3, 0.4) is 0 Å². The van der Waals surface area contributed by atoms with Crippen LogP contribution < -0.4 is 10.1 Å². The summed E-state index contributed by atoms with van der Waals surface area (Å²) >= 11 is 0. The number of rotatable bonds is 7. The van der Waals surface area contributed by atoms with E-state index in [0.717, 1.165) is 30.8 Å². The number of benzene rings is 1. The molecule has 1 aromatic carbocycles. The SMILES string of the molecule is COCCCOc1ccccc1N[C@@H]1CCN(C)C1=O. The third kappa shape index (κ3) is 3.63. The van der Waals surface area contributed by atoms with Crippen LogP contribution in [0.2, 0.25) is 0 Å². The van der Waals surface area contributed by atoms with Gasteiger partial charge in [-0.15, -0.1) is 0 Å². The fourth-order valence-electron chi connectivity index (χ4n) is 2.24. The molecule has 1 aliphatic rings. The molecule has 0 unspecified atom stereocenters. The van der Waals surface area contributed by atoms with Crippen molar-refractivity contribution in [2.75, 3.05) is 39.2 Å². The van der Waals surface area contributed by atoms with Gasteiger partial charge in [0.05, 0.1) is 12.3 Å². The number of para-hydroxylation sites is 2. The van der Waals surface area contributed by atoms with Crippen LogP contribution in [0.4, 0.5) is 5.69 Å². The summed E-state index contributed by atoms with van der Waals surface area (Å²) in [6.07, 6.45) is 1.67. The molecule has 0 aromatic heterocycles. The second kappa shape index (κ2) is 7.14. The van der Waals surface area contributed by atoms with Gasteiger partial charge in [0.15, 0.2) is 0 Å². The van der Waals surface area contributed by atoms with Crippen molar-refractivity contribution >= 4 is 11.6 Å². The van der Waals surface area contributed by atoms with Crippen LogP contribution >= 0.6 is 0 Å². The molecular formula is C15H22N2O3. The lowest BCUT2D eigenvalue weighted by Crippen LogP contribution is -2.31. The highest BCUT2D eigenvalue weighted by atomic mass is 16.5. The Morgan fingerprint density at radius 3 is 2.85 bits per heavy atom. The van der Waals surface area contributed by atoms with Gasteiger partial charge in [0.1, 0.15) is 11.8 Å². The highest BCUT2D eigenvalue weighted by Gasteiger charge is 2.29. The standard InChI is InChI=1S/C15H22N2O3/c1-17-9-8-13(15(17)18)16-12-6-3-4-7-14(12)20-11-5-10-19-2/h3-4,6-7,13,16H,5,8-11H2,1-2H3/t13-/m1/s1. The second-order valence-corrected chi connectivity index (χ2v) is 4.94. The Bertz CT molecular complexity index is 450. The molecule has 0 bridgehead atoms. The lowest BCUT2D eigenvalue weighted by Gasteiger charge is -2.17. The molecule has 5 heteroatoms. The molecule has 1 fully saturated rings. The fraction of sp³-hybridized carbons (Fsp3) is 0.533. The Kier molecular flexibility index (Phi) is 5.24. The molecule has 1 amide bonds. The zero-order chi connectivity index (χ0) is 14.4. The van der Waals surface area contributed by atoms with Gasteiger partial charge in [-0.05, 0) is 18.6 Å². The van der Waals surface area contributed by atoms with Crippen molar-refractivity contribution in [3.63, 3.8) is 0 Å². The van der Waals surface area contributed by atoms with E-state index in [2.05, 4.69) is 5.32 Å². The van der Waals surface area contributed by atoms with E-state index in [9.17, 15) is 4.79 Å². The number of likely N-dealkylation sites (tertiary alicyclic amines) is 1. The molecule has 1 atom stereocenters. The molecule has 2 rings (SSSR count).